The van der Waals surface area contributed by atoms with Crippen molar-refractivity contribution in [3.63, 3.8) is 0 Å². The second-order valence-electron chi connectivity index (χ2n) is 8.01. The number of nitrogens with one attached hydrogen (secondary N) is 1. The zero-order valence-corrected chi connectivity index (χ0v) is 19.1. The fourth-order valence-electron chi connectivity index (χ4n) is 3.90. The molecule has 0 aliphatic carbocycles. The molecule has 2 unspecified atom stereocenters. The van der Waals surface area contributed by atoms with Crippen molar-refractivity contribution in [2.24, 2.45) is 16.5 Å². The molecule has 3 atom stereocenters. The van der Waals surface area contributed by atoms with Crippen molar-refractivity contribution in [1.82, 2.24) is 10.2 Å². The first-order valence-corrected chi connectivity index (χ1v) is 11.1. The lowest BCUT2D eigenvalue weighted by Gasteiger charge is -2.34. The topological polar surface area (TPSA) is 106 Å². The zero-order valence-electron chi connectivity index (χ0n) is 17.6. The molecule has 1 fully saturated rings. The molecule has 9 heteroatoms. The average molecular weight is 474 g/mol. The molecular formula is C23H25Cl2N5O2. The first-order valence-electron chi connectivity index (χ1n) is 10.3. The van der Waals surface area contributed by atoms with Crippen LogP contribution in [0.1, 0.15) is 40.9 Å². The molecule has 5 N–H and O–H groups in total. The molecule has 4 rings (SSSR count). The summed E-state index contributed by atoms with van der Waals surface area (Å²) in [7, 11) is 0. The lowest BCUT2D eigenvalue weighted by molar-refractivity contribution is -0.0483. The van der Waals surface area contributed by atoms with Crippen LogP contribution in [0.4, 0.5) is 0 Å². The Bertz CT molecular complexity index is 1050. The van der Waals surface area contributed by atoms with Gasteiger partial charge in [-0.25, -0.2) is 0 Å². The predicted octanol–water partition coefficient (Wildman–Crippen LogP) is 3.53. The van der Waals surface area contributed by atoms with Crippen molar-refractivity contribution < 1.29 is 9.53 Å². The van der Waals surface area contributed by atoms with Gasteiger partial charge < -0.3 is 20.7 Å². The molecular weight excluding hydrogens is 449 g/mol. The number of carbonyl (C=O) groups is 1. The van der Waals surface area contributed by atoms with Crippen molar-refractivity contribution in [3.8, 4) is 0 Å². The third-order valence-electron chi connectivity index (χ3n) is 5.53. The lowest BCUT2D eigenvalue weighted by atomic mass is 10.1. The molecule has 0 saturated carbocycles. The third-order valence-corrected chi connectivity index (χ3v) is 6.19. The van der Waals surface area contributed by atoms with Crippen LogP contribution in [0.15, 0.2) is 53.7 Å². The largest absolute Gasteiger partial charge is 0.339 e. The molecule has 32 heavy (non-hydrogen) atoms. The van der Waals surface area contributed by atoms with E-state index in [1.165, 1.54) is 6.21 Å². The fraction of sp³-hybridized carbons (Fsp3) is 0.304. The monoisotopic (exact) mass is 473 g/mol. The molecule has 2 heterocycles. The number of nitrogens with two attached hydrogens (primary N) is 2. The first kappa shape index (κ1) is 22.8. The van der Waals surface area contributed by atoms with Gasteiger partial charge in [0.05, 0.1) is 24.2 Å². The number of likely N-dealkylation sites (tertiary alicyclic amines) is 1. The van der Waals surface area contributed by atoms with E-state index in [1.54, 1.807) is 41.4 Å². The molecule has 0 radical (unpaired) electrons. The van der Waals surface area contributed by atoms with Gasteiger partial charge in [-0.1, -0.05) is 41.4 Å². The van der Waals surface area contributed by atoms with E-state index >= 15 is 0 Å². The SMILES string of the molecule is CC(OC1(N)C=NC=C(c2ccc(C(=O)N3CC[C@@H](N)C3)cc2)N1)c1c(Cl)cccc1Cl. The summed E-state index contributed by atoms with van der Waals surface area (Å²) in [5.74, 6) is -1.39. The Balaban J connectivity index is 1.46. The Morgan fingerprint density at radius 3 is 2.56 bits per heavy atom. The van der Waals surface area contributed by atoms with E-state index in [2.05, 4.69) is 10.3 Å². The fourth-order valence-corrected chi connectivity index (χ4v) is 4.61. The smallest absolute Gasteiger partial charge is 0.253 e. The van der Waals surface area contributed by atoms with Crippen molar-refractivity contribution in [2.45, 2.75) is 31.3 Å². The maximum Gasteiger partial charge on any atom is 0.253 e. The van der Waals surface area contributed by atoms with Gasteiger partial charge >= 0.3 is 0 Å². The minimum Gasteiger partial charge on any atom is -0.339 e. The first-order chi connectivity index (χ1) is 15.3. The number of hydrogen-bond donors (Lipinski definition) is 3. The second-order valence-corrected chi connectivity index (χ2v) is 8.83. The van der Waals surface area contributed by atoms with Crippen LogP contribution in [0.5, 0.6) is 0 Å². The molecule has 2 aliphatic rings. The summed E-state index contributed by atoms with van der Waals surface area (Å²) in [5, 5.41) is 4.16. The predicted molar refractivity (Wildman–Crippen MR) is 127 cm³/mol. The zero-order chi connectivity index (χ0) is 22.9. The van der Waals surface area contributed by atoms with E-state index in [0.717, 1.165) is 12.0 Å². The van der Waals surface area contributed by atoms with E-state index in [-0.39, 0.29) is 11.9 Å². The maximum atomic E-state index is 12.6. The number of halogens is 2. The van der Waals surface area contributed by atoms with Gasteiger partial charge in [0.15, 0.2) is 0 Å². The Hall–Kier alpha value is -2.42. The van der Waals surface area contributed by atoms with Crippen LogP contribution >= 0.6 is 23.2 Å². The number of hydrogen-bond acceptors (Lipinski definition) is 6. The van der Waals surface area contributed by atoms with Gasteiger partial charge in [0.1, 0.15) is 0 Å². The molecule has 0 spiro atoms. The van der Waals surface area contributed by atoms with Gasteiger partial charge in [-0.2, -0.15) is 0 Å². The molecule has 7 nitrogen and oxygen atoms in total. The van der Waals surface area contributed by atoms with Crippen LogP contribution in [-0.4, -0.2) is 42.0 Å². The molecule has 1 amide bonds. The maximum absolute atomic E-state index is 12.6. The van der Waals surface area contributed by atoms with Gasteiger partial charge in [0.25, 0.3) is 5.91 Å². The van der Waals surface area contributed by atoms with Crippen LogP contribution in [0.25, 0.3) is 5.70 Å². The molecule has 2 aliphatic heterocycles. The summed E-state index contributed by atoms with van der Waals surface area (Å²) in [5.41, 5.74) is 15.1. The van der Waals surface area contributed by atoms with E-state index in [9.17, 15) is 4.79 Å². The molecule has 2 aromatic rings. The molecule has 168 valence electrons. The highest BCUT2D eigenvalue weighted by Gasteiger charge is 2.31. The lowest BCUT2D eigenvalue weighted by Crippen LogP contribution is -2.57. The second kappa shape index (κ2) is 9.21. The average Bonchev–Trinajstić information content (AvgIpc) is 3.19. The number of carbonyl (C=O) groups excluding carboxylic acids is 1. The quantitative estimate of drug-likeness (QED) is 0.575. The summed E-state index contributed by atoms with van der Waals surface area (Å²) >= 11 is 12.6. The number of aliphatic imine (C=N–C) groups is 1. The summed E-state index contributed by atoms with van der Waals surface area (Å²) in [6, 6.07) is 12.6. The number of rotatable bonds is 5. The number of nitrogens with zero attached hydrogens (tertiary/aromatic N) is 2. The van der Waals surface area contributed by atoms with Gasteiger partial charge in [0, 0.05) is 40.3 Å². The Kier molecular flexibility index (Phi) is 6.55. The Labute approximate surface area is 197 Å². The normalized spacial score (nSPS) is 23.6. The minimum atomic E-state index is -1.37. The van der Waals surface area contributed by atoms with E-state index < -0.39 is 12.0 Å². The van der Waals surface area contributed by atoms with Crippen molar-refractivity contribution in [2.75, 3.05) is 13.1 Å². The van der Waals surface area contributed by atoms with Crippen LogP contribution in [-0.2, 0) is 4.74 Å². The van der Waals surface area contributed by atoms with Crippen molar-refractivity contribution in [1.29, 1.82) is 0 Å². The van der Waals surface area contributed by atoms with Gasteiger partial charge in [0.2, 0.25) is 5.85 Å². The molecule has 0 aromatic heterocycles. The van der Waals surface area contributed by atoms with Crippen LogP contribution in [0.3, 0.4) is 0 Å². The highest BCUT2D eigenvalue weighted by molar-refractivity contribution is 6.36. The highest BCUT2D eigenvalue weighted by atomic mass is 35.5. The summed E-state index contributed by atoms with van der Waals surface area (Å²) in [4.78, 5) is 18.7. The van der Waals surface area contributed by atoms with Crippen LogP contribution in [0.2, 0.25) is 10.0 Å². The van der Waals surface area contributed by atoms with Gasteiger partial charge in [-0.05, 0) is 43.2 Å². The van der Waals surface area contributed by atoms with Gasteiger partial charge in [-0.15, -0.1) is 0 Å². The molecule has 2 aromatic carbocycles. The number of amides is 1. The minimum absolute atomic E-state index is 0.0185. The standard InChI is InChI=1S/C23H25Cl2N5O2/c1-14(21-18(24)3-2-4-19(21)25)32-23(27)13-28-11-20(29-23)15-5-7-16(8-6-15)22(31)30-10-9-17(26)12-30/h2-8,11,13-14,17,29H,9-10,12,26-27H2,1H3/t14?,17-,23?/m1/s1. The van der Waals surface area contributed by atoms with Crippen LogP contribution in [0, 0.1) is 0 Å². The van der Waals surface area contributed by atoms with E-state index in [1.807, 2.05) is 19.1 Å². The highest BCUT2D eigenvalue weighted by Crippen LogP contribution is 2.34. The summed E-state index contributed by atoms with van der Waals surface area (Å²) < 4.78 is 6.05. The number of benzene rings is 2. The third kappa shape index (κ3) is 4.82. The van der Waals surface area contributed by atoms with E-state index in [0.29, 0.717) is 40.0 Å². The molecule has 0 bridgehead atoms. The van der Waals surface area contributed by atoms with Crippen LogP contribution < -0.4 is 16.8 Å². The van der Waals surface area contributed by atoms with E-state index in [4.69, 9.17) is 39.4 Å². The summed E-state index contributed by atoms with van der Waals surface area (Å²) in [6.45, 7) is 3.09. The van der Waals surface area contributed by atoms with Gasteiger partial charge in [-0.3, -0.25) is 15.5 Å². The number of ether oxygens (including phenoxy) is 1. The Morgan fingerprint density at radius 2 is 1.94 bits per heavy atom. The van der Waals surface area contributed by atoms with Crippen molar-refractivity contribution in [3.05, 3.63) is 75.4 Å². The Morgan fingerprint density at radius 1 is 1.25 bits per heavy atom. The van der Waals surface area contributed by atoms with Crippen molar-refractivity contribution >= 4 is 41.0 Å². The molecule has 1 saturated heterocycles. The summed E-state index contributed by atoms with van der Waals surface area (Å²) in [6.07, 6.45) is 3.46.